The Hall–Kier alpha value is -4.61. The van der Waals surface area contributed by atoms with Crippen LogP contribution in [-0.2, 0) is 32.2 Å². The number of nitrogens with one attached hydrogen (secondary N) is 2. The average molecular weight is 541 g/mol. The molecule has 0 aromatic heterocycles. The Balaban J connectivity index is 1.70. The monoisotopic (exact) mass is 540 g/mol. The van der Waals surface area contributed by atoms with Crippen molar-refractivity contribution in [1.82, 2.24) is 15.5 Å². The van der Waals surface area contributed by atoms with Gasteiger partial charge in [-0.25, -0.2) is 24.1 Å². The molecule has 0 radical (unpaired) electrons. The minimum absolute atomic E-state index is 0.0112. The number of hydrogen-bond donors (Lipinski definition) is 3. The highest BCUT2D eigenvalue weighted by Crippen LogP contribution is 2.18. The molecule has 3 amide bonds. The highest BCUT2D eigenvalue weighted by Gasteiger charge is 2.39. The normalized spacial score (nSPS) is 15.5. The highest BCUT2D eigenvalue weighted by molar-refractivity contribution is 6.02. The van der Waals surface area contributed by atoms with Gasteiger partial charge < -0.3 is 24.6 Å². The fraction of sp³-hybridized carbons (Fsp3) is 0.370. The fourth-order valence-corrected chi connectivity index (χ4v) is 3.62. The third-order valence-electron chi connectivity index (χ3n) is 5.37. The Bertz CT molecular complexity index is 1180. The number of amides is 3. The number of benzene rings is 2. The molecule has 2 aromatic rings. The van der Waals surface area contributed by atoms with Gasteiger partial charge in [-0.05, 0) is 31.9 Å². The van der Waals surface area contributed by atoms with Gasteiger partial charge >= 0.3 is 24.2 Å². The standard InChI is InChI=1S/C27H32N4O8/c1-27(2,3)39-25(35)29-21(22(32)33)14-20-15-28-23(30-24(34)37-16-18-10-6-4-7-11-18)31(20)26(36)38-17-19-12-8-5-9-13-19/h4-13,20-21H,14-17H2,1-3H3,(H,29,35)(H,32,33)(H,28,30,34)/t20-,21-/m0/s1. The number of aliphatic carboxylic acids is 1. The second-order valence-corrected chi connectivity index (χ2v) is 9.69. The molecule has 0 spiro atoms. The van der Waals surface area contributed by atoms with Gasteiger partial charge in [-0.15, -0.1) is 0 Å². The number of aliphatic imine (C=N–C) groups is 1. The Kier molecular flexibility index (Phi) is 9.85. The summed E-state index contributed by atoms with van der Waals surface area (Å²) in [4.78, 5) is 55.0. The molecule has 3 N–H and O–H groups in total. The second kappa shape index (κ2) is 13.3. The van der Waals surface area contributed by atoms with Crippen LogP contribution in [0.4, 0.5) is 14.4 Å². The quantitative estimate of drug-likeness (QED) is 0.429. The highest BCUT2D eigenvalue weighted by atomic mass is 16.6. The molecule has 39 heavy (non-hydrogen) atoms. The van der Waals surface area contributed by atoms with Crippen LogP contribution >= 0.6 is 0 Å². The number of carbonyl (C=O) groups is 4. The van der Waals surface area contributed by atoms with Crippen LogP contribution in [0.15, 0.2) is 65.7 Å². The molecule has 12 heteroatoms. The lowest BCUT2D eigenvalue weighted by Gasteiger charge is -2.28. The molecule has 1 heterocycles. The lowest BCUT2D eigenvalue weighted by Crippen LogP contribution is -2.52. The Morgan fingerprint density at radius 3 is 2.05 bits per heavy atom. The number of rotatable bonds is 8. The number of alkyl carbamates (subject to hydrolysis) is 2. The molecule has 0 unspecified atom stereocenters. The van der Waals surface area contributed by atoms with E-state index in [4.69, 9.17) is 14.2 Å². The van der Waals surface area contributed by atoms with Gasteiger partial charge in [-0.2, -0.15) is 0 Å². The summed E-state index contributed by atoms with van der Waals surface area (Å²) < 4.78 is 15.8. The number of ether oxygens (including phenoxy) is 3. The first-order valence-electron chi connectivity index (χ1n) is 12.3. The van der Waals surface area contributed by atoms with E-state index < -0.39 is 41.9 Å². The first-order chi connectivity index (χ1) is 18.5. The van der Waals surface area contributed by atoms with E-state index in [0.717, 1.165) is 16.0 Å². The fourth-order valence-electron chi connectivity index (χ4n) is 3.62. The molecule has 2 aromatic carbocycles. The summed E-state index contributed by atoms with van der Waals surface area (Å²) in [6.07, 6.45) is -2.87. The van der Waals surface area contributed by atoms with E-state index in [1.807, 2.05) is 12.1 Å². The van der Waals surface area contributed by atoms with Crippen LogP contribution in [0.2, 0.25) is 0 Å². The van der Waals surface area contributed by atoms with E-state index in [0.29, 0.717) is 0 Å². The molecule has 3 rings (SSSR count). The van der Waals surface area contributed by atoms with Crippen LogP contribution in [0.3, 0.4) is 0 Å². The van der Waals surface area contributed by atoms with Gasteiger partial charge in [0.25, 0.3) is 0 Å². The van der Waals surface area contributed by atoms with Crippen molar-refractivity contribution in [3.8, 4) is 0 Å². The maximum absolute atomic E-state index is 13.1. The Labute approximate surface area is 225 Å². The van der Waals surface area contributed by atoms with Crippen molar-refractivity contribution in [2.75, 3.05) is 6.54 Å². The minimum atomic E-state index is -1.41. The zero-order valence-electron chi connectivity index (χ0n) is 22.0. The summed E-state index contributed by atoms with van der Waals surface area (Å²) >= 11 is 0. The average Bonchev–Trinajstić information content (AvgIpc) is 3.27. The van der Waals surface area contributed by atoms with Crippen molar-refractivity contribution in [3.05, 3.63) is 71.8 Å². The van der Waals surface area contributed by atoms with Crippen LogP contribution in [0.25, 0.3) is 0 Å². The summed E-state index contributed by atoms with van der Waals surface area (Å²) in [6.45, 7) is 4.82. The first kappa shape index (κ1) is 29.0. The number of carboxylic acids is 1. The molecule has 208 valence electrons. The predicted octanol–water partition coefficient (Wildman–Crippen LogP) is 3.66. The van der Waals surface area contributed by atoms with E-state index in [-0.39, 0.29) is 32.1 Å². The third kappa shape index (κ3) is 9.33. The topological polar surface area (TPSA) is 156 Å². The molecule has 0 saturated carbocycles. The molecule has 0 bridgehead atoms. The summed E-state index contributed by atoms with van der Waals surface area (Å²) in [6, 6.07) is 15.7. The summed E-state index contributed by atoms with van der Waals surface area (Å²) in [7, 11) is 0. The molecular weight excluding hydrogens is 508 g/mol. The van der Waals surface area contributed by atoms with Crippen LogP contribution < -0.4 is 10.6 Å². The number of nitrogens with zero attached hydrogens (tertiary/aromatic N) is 2. The smallest absolute Gasteiger partial charge is 0.417 e. The number of carboxylic acid groups (broad SMARTS) is 1. The van der Waals surface area contributed by atoms with E-state index >= 15 is 0 Å². The van der Waals surface area contributed by atoms with Crippen LogP contribution in [0, 0.1) is 0 Å². The van der Waals surface area contributed by atoms with Crippen molar-refractivity contribution in [1.29, 1.82) is 0 Å². The zero-order chi connectivity index (χ0) is 28.4. The molecule has 1 aliphatic rings. The maximum Gasteiger partial charge on any atom is 0.417 e. The Morgan fingerprint density at radius 1 is 0.949 bits per heavy atom. The SMILES string of the molecule is CC(C)(C)OC(=O)N[C@@H](C[C@H]1CN=C(NC(=O)OCc2ccccc2)N1C(=O)OCc1ccccc1)C(=O)O. The molecule has 0 saturated heterocycles. The van der Waals surface area contributed by atoms with Crippen molar-refractivity contribution in [2.45, 2.75) is 58.1 Å². The van der Waals surface area contributed by atoms with E-state index in [1.54, 1.807) is 69.3 Å². The van der Waals surface area contributed by atoms with Gasteiger partial charge in [0.2, 0.25) is 5.96 Å². The number of hydrogen-bond acceptors (Lipinski definition) is 8. The zero-order valence-corrected chi connectivity index (χ0v) is 22.0. The van der Waals surface area contributed by atoms with Crippen LogP contribution in [0.1, 0.15) is 38.3 Å². The van der Waals surface area contributed by atoms with Gasteiger partial charge in [0, 0.05) is 6.42 Å². The Morgan fingerprint density at radius 2 is 1.51 bits per heavy atom. The predicted molar refractivity (Wildman–Crippen MR) is 140 cm³/mol. The summed E-state index contributed by atoms with van der Waals surface area (Å²) in [5.41, 5.74) is 0.648. The second-order valence-electron chi connectivity index (χ2n) is 9.69. The summed E-state index contributed by atoms with van der Waals surface area (Å²) in [5, 5.41) is 14.5. The molecule has 1 aliphatic heterocycles. The molecule has 12 nitrogen and oxygen atoms in total. The van der Waals surface area contributed by atoms with Crippen molar-refractivity contribution in [2.24, 2.45) is 4.99 Å². The van der Waals surface area contributed by atoms with Gasteiger partial charge in [-0.3, -0.25) is 10.3 Å². The largest absolute Gasteiger partial charge is 0.480 e. The van der Waals surface area contributed by atoms with Crippen molar-refractivity contribution in [3.63, 3.8) is 0 Å². The van der Waals surface area contributed by atoms with Gasteiger partial charge in [-0.1, -0.05) is 60.7 Å². The van der Waals surface area contributed by atoms with Gasteiger partial charge in [0.05, 0.1) is 12.6 Å². The van der Waals surface area contributed by atoms with Crippen molar-refractivity contribution < 1.29 is 38.5 Å². The maximum atomic E-state index is 13.1. The third-order valence-corrected chi connectivity index (χ3v) is 5.37. The van der Waals surface area contributed by atoms with Crippen molar-refractivity contribution >= 4 is 30.2 Å². The van der Waals surface area contributed by atoms with Crippen LogP contribution in [0.5, 0.6) is 0 Å². The molecule has 0 aliphatic carbocycles. The van der Waals surface area contributed by atoms with Gasteiger partial charge in [0.1, 0.15) is 24.9 Å². The molecule has 0 fully saturated rings. The lowest BCUT2D eigenvalue weighted by atomic mass is 10.1. The minimum Gasteiger partial charge on any atom is -0.480 e. The van der Waals surface area contributed by atoms with E-state index in [2.05, 4.69) is 15.6 Å². The summed E-state index contributed by atoms with van der Waals surface area (Å²) in [5.74, 6) is -1.49. The molecule has 2 atom stereocenters. The van der Waals surface area contributed by atoms with Crippen LogP contribution in [-0.4, -0.2) is 64.4 Å². The number of carbonyl (C=O) groups excluding carboxylic acids is 3. The van der Waals surface area contributed by atoms with E-state index in [1.165, 1.54) is 0 Å². The van der Waals surface area contributed by atoms with Gasteiger partial charge in [0.15, 0.2) is 0 Å². The number of guanidine groups is 1. The lowest BCUT2D eigenvalue weighted by molar-refractivity contribution is -0.140. The first-order valence-corrected chi connectivity index (χ1v) is 12.3. The molecular formula is C27H32N4O8. The van der Waals surface area contributed by atoms with E-state index in [9.17, 15) is 24.3 Å².